The van der Waals surface area contributed by atoms with Crippen LogP contribution in [0.25, 0.3) is 0 Å². The van der Waals surface area contributed by atoms with Crippen LogP contribution in [0.5, 0.6) is 0 Å². The lowest BCUT2D eigenvalue weighted by molar-refractivity contribution is -0.118. The minimum atomic E-state index is -3.17. The Morgan fingerprint density at radius 1 is 1.42 bits per heavy atom. The molecule has 0 aromatic rings. The molecule has 0 saturated heterocycles. The molecule has 0 heterocycles. The first-order valence-corrected chi connectivity index (χ1v) is 5.96. The van der Waals surface area contributed by atoms with Gasteiger partial charge in [-0.3, -0.25) is 4.79 Å². The summed E-state index contributed by atoms with van der Waals surface area (Å²) in [6, 6.07) is 0. The molecule has 4 nitrogen and oxygen atoms in total. The molecule has 0 aliphatic heterocycles. The Morgan fingerprint density at radius 3 is 2.42 bits per heavy atom. The minimum Gasteiger partial charge on any atom is -0.355 e. The fraction of sp³-hybridized carbons (Fsp3) is 0.857. The van der Waals surface area contributed by atoms with Gasteiger partial charge in [0.2, 0.25) is 5.91 Å². The zero-order valence-electron chi connectivity index (χ0n) is 7.46. The SMILES string of the molecule is CCCCNC(=O)CS(C)(=O)=O. The van der Waals surface area contributed by atoms with Gasteiger partial charge in [0.05, 0.1) is 0 Å². The molecule has 0 aromatic carbocycles. The van der Waals surface area contributed by atoms with Crippen molar-refractivity contribution < 1.29 is 13.2 Å². The van der Waals surface area contributed by atoms with Crippen LogP contribution in [-0.2, 0) is 14.6 Å². The van der Waals surface area contributed by atoms with Gasteiger partial charge in [-0.25, -0.2) is 8.42 Å². The molecule has 0 spiro atoms. The van der Waals surface area contributed by atoms with E-state index in [9.17, 15) is 13.2 Å². The van der Waals surface area contributed by atoms with Crippen molar-refractivity contribution in [1.29, 1.82) is 0 Å². The largest absolute Gasteiger partial charge is 0.355 e. The van der Waals surface area contributed by atoms with Crippen molar-refractivity contribution in [2.24, 2.45) is 0 Å². The second-order valence-electron chi connectivity index (χ2n) is 2.77. The molecule has 0 bridgehead atoms. The molecule has 0 radical (unpaired) electrons. The van der Waals surface area contributed by atoms with Crippen molar-refractivity contribution in [2.75, 3.05) is 18.6 Å². The van der Waals surface area contributed by atoms with E-state index >= 15 is 0 Å². The molecule has 0 aromatic heterocycles. The number of rotatable bonds is 5. The summed E-state index contributed by atoms with van der Waals surface area (Å²) < 4.78 is 21.2. The molecule has 0 saturated carbocycles. The summed E-state index contributed by atoms with van der Waals surface area (Å²) in [5.74, 6) is -0.817. The molecule has 1 N–H and O–H groups in total. The fourth-order valence-electron chi connectivity index (χ4n) is 0.694. The molecule has 0 rings (SSSR count). The Morgan fingerprint density at radius 2 is 2.00 bits per heavy atom. The maximum Gasteiger partial charge on any atom is 0.235 e. The van der Waals surface area contributed by atoms with Crippen LogP contribution in [-0.4, -0.2) is 32.9 Å². The second kappa shape index (κ2) is 5.13. The Bertz CT molecular complexity index is 233. The molecule has 0 aliphatic carbocycles. The van der Waals surface area contributed by atoms with E-state index in [1.54, 1.807) is 0 Å². The lowest BCUT2D eigenvalue weighted by atomic mass is 10.3. The summed E-state index contributed by atoms with van der Waals surface area (Å²) in [6.07, 6.45) is 2.92. The summed E-state index contributed by atoms with van der Waals surface area (Å²) >= 11 is 0. The van der Waals surface area contributed by atoms with Crippen LogP contribution < -0.4 is 5.32 Å². The summed E-state index contributed by atoms with van der Waals surface area (Å²) in [4.78, 5) is 10.8. The highest BCUT2D eigenvalue weighted by Gasteiger charge is 2.08. The van der Waals surface area contributed by atoms with Crippen LogP contribution in [0.2, 0.25) is 0 Å². The minimum absolute atomic E-state index is 0.406. The Labute approximate surface area is 73.3 Å². The topological polar surface area (TPSA) is 63.2 Å². The molecule has 0 aliphatic rings. The quantitative estimate of drug-likeness (QED) is 0.622. The number of hydrogen-bond donors (Lipinski definition) is 1. The predicted octanol–water partition coefficient (Wildman–Crippen LogP) is -0.0527. The van der Waals surface area contributed by atoms with Crippen LogP contribution in [0.4, 0.5) is 0 Å². The van der Waals surface area contributed by atoms with Crippen LogP contribution >= 0.6 is 0 Å². The van der Waals surface area contributed by atoms with Gasteiger partial charge in [0.15, 0.2) is 9.84 Å². The van der Waals surface area contributed by atoms with E-state index in [1.165, 1.54) is 0 Å². The van der Waals surface area contributed by atoms with Crippen molar-refractivity contribution >= 4 is 15.7 Å². The molecule has 12 heavy (non-hydrogen) atoms. The average molecular weight is 193 g/mol. The summed E-state index contributed by atoms with van der Waals surface area (Å²) in [5.41, 5.74) is 0. The number of nitrogens with one attached hydrogen (secondary N) is 1. The van der Waals surface area contributed by atoms with Gasteiger partial charge < -0.3 is 5.32 Å². The number of unbranched alkanes of at least 4 members (excludes halogenated alkanes) is 1. The summed E-state index contributed by atoms with van der Waals surface area (Å²) in [7, 11) is -3.17. The normalized spacial score (nSPS) is 11.2. The summed E-state index contributed by atoms with van der Waals surface area (Å²) in [5, 5.41) is 2.52. The highest BCUT2D eigenvalue weighted by Crippen LogP contribution is 1.85. The maximum atomic E-state index is 10.8. The third-order valence-corrected chi connectivity index (χ3v) is 2.03. The van der Waals surface area contributed by atoms with Gasteiger partial charge >= 0.3 is 0 Å². The highest BCUT2D eigenvalue weighted by atomic mass is 32.2. The molecule has 0 unspecified atom stereocenters. The molecular weight excluding hydrogens is 178 g/mol. The molecule has 0 fully saturated rings. The first-order valence-electron chi connectivity index (χ1n) is 3.90. The van der Waals surface area contributed by atoms with E-state index < -0.39 is 21.5 Å². The van der Waals surface area contributed by atoms with Crippen LogP contribution in [0.1, 0.15) is 19.8 Å². The van der Waals surface area contributed by atoms with Crippen LogP contribution in [0.3, 0.4) is 0 Å². The van der Waals surface area contributed by atoms with Gasteiger partial charge in [0.1, 0.15) is 5.75 Å². The Kier molecular flexibility index (Phi) is 4.89. The van der Waals surface area contributed by atoms with Crippen molar-refractivity contribution in [2.45, 2.75) is 19.8 Å². The first-order chi connectivity index (χ1) is 5.45. The average Bonchev–Trinajstić information content (AvgIpc) is 1.84. The summed E-state index contributed by atoms with van der Waals surface area (Å²) in [6.45, 7) is 2.56. The highest BCUT2D eigenvalue weighted by molar-refractivity contribution is 7.91. The van der Waals surface area contributed by atoms with Crippen molar-refractivity contribution in [3.63, 3.8) is 0 Å². The van der Waals surface area contributed by atoms with E-state index in [0.717, 1.165) is 19.1 Å². The van der Waals surface area contributed by atoms with Crippen molar-refractivity contribution in [3.8, 4) is 0 Å². The molecule has 0 atom stereocenters. The molecular formula is C7H15NO3S. The predicted molar refractivity (Wildman–Crippen MR) is 47.6 cm³/mol. The van der Waals surface area contributed by atoms with Gasteiger partial charge in [0, 0.05) is 12.8 Å². The first kappa shape index (κ1) is 11.4. The lowest BCUT2D eigenvalue weighted by Gasteiger charge is -2.01. The van der Waals surface area contributed by atoms with Gasteiger partial charge in [0.25, 0.3) is 0 Å². The van der Waals surface area contributed by atoms with Crippen LogP contribution in [0.15, 0.2) is 0 Å². The van der Waals surface area contributed by atoms with Crippen LogP contribution in [0, 0.1) is 0 Å². The van der Waals surface area contributed by atoms with Gasteiger partial charge in [-0.1, -0.05) is 13.3 Å². The van der Waals surface area contributed by atoms with E-state index in [4.69, 9.17) is 0 Å². The smallest absolute Gasteiger partial charge is 0.235 e. The maximum absolute atomic E-state index is 10.8. The number of carbonyl (C=O) groups excluding carboxylic acids is 1. The molecule has 72 valence electrons. The number of amides is 1. The fourth-order valence-corrected chi connectivity index (χ4v) is 1.27. The Balaban J connectivity index is 3.62. The molecule has 5 heteroatoms. The Hall–Kier alpha value is -0.580. The van der Waals surface area contributed by atoms with Crippen molar-refractivity contribution in [1.82, 2.24) is 5.32 Å². The van der Waals surface area contributed by atoms with Gasteiger partial charge in [-0.05, 0) is 6.42 Å². The lowest BCUT2D eigenvalue weighted by Crippen LogP contribution is -2.30. The van der Waals surface area contributed by atoms with Gasteiger partial charge in [-0.2, -0.15) is 0 Å². The van der Waals surface area contributed by atoms with E-state index in [0.29, 0.717) is 6.54 Å². The zero-order valence-corrected chi connectivity index (χ0v) is 8.28. The standard InChI is InChI=1S/C7H15NO3S/c1-3-4-5-8-7(9)6-12(2,10)11/h3-6H2,1-2H3,(H,8,9). The van der Waals surface area contributed by atoms with Gasteiger partial charge in [-0.15, -0.1) is 0 Å². The van der Waals surface area contributed by atoms with E-state index in [2.05, 4.69) is 5.32 Å². The second-order valence-corrected chi connectivity index (χ2v) is 4.91. The zero-order chi connectivity index (χ0) is 9.61. The van der Waals surface area contributed by atoms with Crippen molar-refractivity contribution in [3.05, 3.63) is 0 Å². The number of hydrogen-bond acceptors (Lipinski definition) is 3. The van der Waals surface area contributed by atoms with E-state index in [1.807, 2.05) is 6.92 Å². The third kappa shape index (κ3) is 7.53. The third-order valence-electron chi connectivity index (χ3n) is 1.25. The number of carbonyl (C=O) groups is 1. The number of sulfone groups is 1. The molecule has 1 amide bonds. The van der Waals surface area contributed by atoms with E-state index in [-0.39, 0.29) is 0 Å². The monoisotopic (exact) mass is 193 g/mol.